The molecule has 0 aromatic heterocycles. The first kappa shape index (κ1) is 18.0. The zero-order valence-electron chi connectivity index (χ0n) is 15.6. The molecule has 0 fully saturated rings. The fourth-order valence-corrected chi connectivity index (χ4v) is 3.34. The van der Waals surface area contributed by atoms with Crippen LogP contribution in [0.2, 0.25) is 0 Å². The van der Waals surface area contributed by atoms with E-state index in [2.05, 4.69) is 41.4 Å². The Kier molecular flexibility index (Phi) is 5.20. The van der Waals surface area contributed by atoms with Gasteiger partial charge in [0.25, 0.3) is 0 Å². The summed E-state index contributed by atoms with van der Waals surface area (Å²) in [6.07, 6.45) is 0.190. The molecule has 0 spiro atoms. The van der Waals surface area contributed by atoms with E-state index in [9.17, 15) is 4.79 Å². The van der Waals surface area contributed by atoms with Gasteiger partial charge in [0, 0.05) is 12.0 Å². The largest absolute Gasteiger partial charge is 0.469 e. The van der Waals surface area contributed by atoms with Gasteiger partial charge in [-0.1, -0.05) is 72.8 Å². The monoisotopic (exact) mass is 371 g/mol. The molecule has 0 aliphatic carbocycles. The molecule has 1 heterocycles. The van der Waals surface area contributed by atoms with E-state index in [-0.39, 0.29) is 12.1 Å². The van der Waals surface area contributed by atoms with E-state index in [4.69, 9.17) is 9.47 Å². The number of benzene rings is 3. The average Bonchev–Trinajstić information content (AvgIpc) is 2.79. The maximum atomic E-state index is 12.2. The third kappa shape index (κ3) is 3.81. The van der Waals surface area contributed by atoms with Crippen molar-refractivity contribution in [3.63, 3.8) is 0 Å². The summed E-state index contributed by atoms with van der Waals surface area (Å²) in [5.74, 6) is 0.127. The van der Waals surface area contributed by atoms with E-state index in [0.29, 0.717) is 12.3 Å². The van der Waals surface area contributed by atoms with Gasteiger partial charge < -0.3 is 9.47 Å². The van der Waals surface area contributed by atoms with Gasteiger partial charge in [-0.2, -0.15) is 0 Å². The standard InChI is InChI=1S/C24H21NO3/c1-27-24(26)21-16-22(28-23(25-21)20-10-6-3-7-11-20)19-14-12-18(13-15-19)17-8-4-2-5-9-17/h2-15,21-22H,16H2,1H3/t21-,22-/m1/s1. The van der Waals surface area contributed by atoms with Crippen molar-refractivity contribution in [1.29, 1.82) is 0 Å². The second-order valence-electron chi connectivity index (χ2n) is 6.67. The zero-order valence-corrected chi connectivity index (χ0v) is 15.6. The van der Waals surface area contributed by atoms with Crippen LogP contribution in [-0.4, -0.2) is 25.0 Å². The third-order valence-electron chi connectivity index (χ3n) is 4.85. The number of hydrogen-bond donors (Lipinski definition) is 0. The Morgan fingerprint density at radius 3 is 2.04 bits per heavy atom. The molecule has 1 aliphatic heterocycles. The van der Waals surface area contributed by atoms with E-state index in [1.165, 1.54) is 7.11 Å². The number of nitrogens with zero attached hydrogens (tertiary/aromatic N) is 1. The van der Waals surface area contributed by atoms with Crippen LogP contribution < -0.4 is 0 Å². The Morgan fingerprint density at radius 1 is 0.857 bits per heavy atom. The van der Waals surface area contributed by atoms with Crippen LogP contribution in [0, 0.1) is 0 Å². The lowest BCUT2D eigenvalue weighted by molar-refractivity contribution is -0.143. The summed E-state index contributed by atoms with van der Waals surface area (Å²) < 4.78 is 11.1. The van der Waals surface area contributed by atoms with Gasteiger partial charge in [0.2, 0.25) is 5.90 Å². The van der Waals surface area contributed by atoms with Crippen molar-refractivity contribution in [1.82, 2.24) is 0 Å². The summed E-state index contributed by atoms with van der Waals surface area (Å²) in [6.45, 7) is 0. The lowest BCUT2D eigenvalue weighted by Crippen LogP contribution is -2.31. The lowest BCUT2D eigenvalue weighted by Gasteiger charge is -2.28. The van der Waals surface area contributed by atoms with E-state index in [1.807, 2.05) is 48.5 Å². The molecule has 0 saturated carbocycles. The SMILES string of the molecule is COC(=O)[C@H]1C[C@H](c2ccc(-c3ccccc3)cc2)OC(c2ccccc2)=N1. The summed E-state index contributed by atoms with van der Waals surface area (Å²) in [4.78, 5) is 16.7. The van der Waals surface area contributed by atoms with Gasteiger partial charge in [0.15, 0.2) is 6.04 Å². The molecule has 0 unspecified atom stereocenters. The summed E-state index contributed by atoms with van der Waals surface area (Å²) in [7, 11) is 1.39. The number of methoxy groups -OCH3 is 1. The predicted molar refractivity (Wildman–Crippen MR) is 109 cm³/mol. The first-order valence-electron chi connectivity index (χ1n) is 9.27. The fraction of sp³-hybridized carbons (Fsp3) is 0.167. The van der Waals surface area contributed by atoms with Gasteiger partial charge in [0.1, 0.15) is 6.10 Å². The number of aliphatic imine (C=N–C) groups is 1. The van der Waals surface area contributed by atoms with Crippen molar-refractivity contribution in [2.24, 2.45) is 4.99 Å². The molecular formula is C24H21NO3. The van der Waals surface area contributed by atoms with Crippen molar-refractivity contribution in [3.05, 3.63) is 96.1 Å². The van der Waals surface area contributed by atoms with Crippen LogP contribution in [0.25, 0.3) is 11.1 Å². The predicted octanol–water partition coefficient (Wildman–Crippen LogP) is 4.80. The maximum Gasteiger partial charge on any atom is 0.330 e. The van der Waals surface area contributed by atoms with Crippen molar-refractivity contribution < 1.29 is 14.3 Å². The van der Waals surface area contributed by atoms with Crippen molar-refractivity contribution >= 4 is 11.9 Å². The van der Waals surface area contributed by atoms with Crippen LogP contribution in [0.1, 0.15) is 23.7 Å². The highest BCUT2D eigenvalue weighted by Gasteiger charge is 2.32. The lowest BCUT2D eigenvalue weighted by atomic mass is 9.97. The number of hydrogen-bond acceptors (Lipinski definition) is 4. The Hall–Kier alpha value is -3.40. The van der Waals surface area contributed by atoms with Crippen LogP contribution >= 0.6 is 0 Å². The van der Waals surface area contributed by atoms with Crippen molar-refractivity contribution in [2.75, 3.05) is 7.11 Å². The van der Waals surface area contributed by atoms with Crippen molar-refractivity contribution in [2.45, 2.75) is 18.6 Å². The molecule has 0 amide bonds. The highest BCUT2D eigenvalue weighted by atomic mass is 16.5. The van der Waals surface area contributed by atoms with Crippen molar-refractivity contribution in [3.8, 4) is 11.1 Å². The van der Waals surface area contributed by atoms with E-state index in [1.54, 1.807) is 0 Å². The summed E-state index contributed by atoms with van der Waals surface area (Å²) >= 11 is 0. The smallest absolute Gasteiger partial charge is 0.330 e. The number of rotatable bonds is 4. The molecule has 0 bridgehead atoms. The maximum absolute atomic E-state index is 12.2. The number of carbonyl (C=O) groups is 1. The summed E-state index contributed by atoms with van der Waals surface area (Å²) in [5.41, 5.74) is 4.16. The summed E-state index contributed by atoms with van der Waals surface area (Å²) in [5, 5.41) is 0. The minimum atomic E-state index is -0.576. The Bertz CT molecular complexity index is 966. The molecule has 0 N–H and O–H groups in total. The van der Waals surface area contributed by atoms with Crippen LogP contribution in [0.3, 0.4) is 0 Å². The van der Waals surface area contributed by atoms with Crippen LogP contribution in [0.15, 0.2) is 89.9 Å². The van der Waals surface area contributed by atoms with E-state index in [0.717, 1.165) is 22.3 Å². The molecule has 4 heteroatoms. The first-order valence-corrected chi connectivity index (χ1v) is 9.27. The zero-order chi connectivity index (χ0) is 19.3. The Labute approximate surface area is 164 Å². The average molecular weight is 371 g/mol. The fourth-order valence-electron chi connectivity index (χ4n) is 3.34. The number of ether oxygens (including phenoxy) is 2. The highest BCUT2D eigenvalue weighted by molar-refractivity contribution is 5.96. The molecule has 2 atom stereocenters. The molecule has 3 aromatic rings. The second kappa shape index (κ2) is 8.09. The van der Waals surface area contributed by atoms with Gasteiger partial charge in [-0.3, -0.25) is 0 Å². The molecule has 0 radical (unpaired) electrons. The molecule has 1 aliphatic rings. The number of esters is 1. The Morgan fingerprint density at radius 2 is 1.43 bits per heavy atom. The van der Waals surface area contributed by atoms with Crippen LogP contribution in [0.4, 0.5) is 0 Å². The molecule has 4 nitrogen and oxygen atoms in total. The molecule has 4 rings (SSSR count). The van der Waals surface area contributed by atoms with Gasteiger partial charge in [-0.25, -0.2) is 9.79 Å². The molecule has 3 aromatic carbocycles. The quantitative estimate of drug-likeness (QED) is 0.619. The van der Waals surface area contributed by atoms with Gasteiger partial charge >= 0.3 is 5.97 Å². The van der Waals surface area contributed by atoms with E-state index < -0.39 is 6.04 Å². The van der Waals surface area contributed by atoms with E-state index >= 15 is 0 Å². The molecule has 0 saturated heterocycles. The minimum Gasteiger partial charge on any atom is -0.469 e. The molecule has 28 heavy (non-hydrogen) atoms. The molecule has 140 valence electrons. The highest BCUT2D eigenvalue weighted by Crippen LogP contribution is 2.31. The molecular weight excluding hydrogens is 350 g/mol. The van der Waals surface area contributed by atoms with Crippen LogP contribution in [-0.2, 0) is 14.3 Å². The topological polar surface area (TPSA) is 47.9 Å². The third-order valence-corrected chi connectivity index (χ3v) is 4.85. The normalized spacial score (nSPS) is 18.7. The van der Waals surface area contributed by atoms with Crippen LogP contribution in [0.5, 0.6) is 0 Å². The van der Waals surface area contributed by atoms with Gasteiger partial charge in [-0.15, -0.1) is 0 Å². The minimum absolute atomic E-state index is 0.262. The van der Waals surface area contributed by atoms with Gasteiger partial charge in [-0.05, 0) is 28.8 Å². The second-order valence-corrected chi connectivity index (χ2v) is 6.67. The number of carbonyl (C=O) groups excluding carboxylic acids is 1. The first-order chi connectivity index (χ1) is 13.7. The van der Waals surface area contributed by atoms with Gasteiger partial charge in [0.05, 0.1) is 7.11 Å². The Balaban J connectivity index is 1.62. The summed E-state index contributed by atoms with van der Waals surface area (Å²) in [6, 6.07) is 27.5.